The van der Waals surface area contributed by atoms with Gasteiger partial charge in [0.1, 0.15) is 0 Å². The van der Waals surface area contributed by atoms with Crippen molar-refractivity contribution in [3.63, 3.8) is 0 Å². The second kappa shape index (κ2) is 8.40. The van der Waals surface area contributed by atoms with E-state index in [9.17, 15) is 0 Å². The van der Waals surface area contributed by atoms with Crippen molar-refractivity contribution in [2.75, 3.05) is 0 Å². The van der Waals surface area contributed by atoms with E-state index >= 15 is 0 Å². The Labute approximate surface area is 158 Å². The van der Waals surface area contributed by atoms with E-state index < -0.39 is 0 Å². The molecule has 3 heteroatoms. The standard InChI is InChI=1S/C23H28BN2/c1-23(2,3)21-17-25-22(26-21)24-16-10-15-20(18-11-6-4-7-12-18)19-13-8-5-9-14-19/h4-9,11-14,17,20H,10,15-16H2,1-3H3,(H,25,26). The van der Waals surface area contributed by atoms with E-state index in [0.29, 0.717) is 5.92 Å². The summed E-state index contributed by atoms with van der Waals surface area (Å²) in [4.78, 5) is 7.94. The van der Waals surface area contributed by atoms with Gasteiger partial charge in [0.25, 0.3) is 0 Å². The molecule has 3 aromatic rings. The van der Waals surface area contributed by atoms with Crippen LogP contribution in [0.4, 0.5) is 0 Å². The van der Waals surface area contributed by atoms with Gasteiger partial charge in [0.05, 0.1) is 5.72 Å². The van der Waals surface area contributed by atoms with Gasteiger partial charge in [0, 0.05) is 23.2 Å². The van der Waals surface area contributed by atoms with Gasteiger partial charge >= 0.3 is 0 Å². The molecule has 0 spiro atoms. The molecule has 0 unspecified atom stereocenters. The van der Waals surface area contributed by atoms with Crippen LogP contribution in [0.1, 0.15) is 56.4 Å². The average Bonchev–Trinajstić information content (AvgIpc) is 3.13. The highest BCUT2D eigenvalue weighted by Gasteiger charge is 2.17. The first-order valence-electron chi connectivity index (χ1n) is 9.52. The SMILES string of the molecule is CC(C)(C)c1cnc([B]CCCC(c2ccccc2)c2ccccc2)[nH]1. The van der Waals surface area contributed by atoms with Gasteiger partial charge in [-0.3, -0.25) is 4.98 Å². The molecule has 1 heterocycles. The predicted octanol–water partition coefficient (Wildman–Crippen LogP) is 5.07. The zero-order valence-corrected chi connectivity index (χ0v) is 16.1. The number of benzene rings is 2. The van der Waals surface area contributed by atoms with E-state index in [-0.39, 0.29) is 5.41 Å². The van der Waals surface area contributed by atoms with Crippen molar-refractivity contribution in [3.8, 4) is 0 Å². The summed E-state index contributed by atoms with van der Waals surface area (Å²) in [5.74, 6) is 0.451. The number of nitrogens with one attached hydrogen (secondary N) is 1. The van der Waals surface area contributed by atoms with Crippen LogP contribution in [-0.4, -0.2) is 17.2 Å². The average molecular weight is 343 g/mol. The van der Waals surface area contributed by atoms with Crippen LogP contribution in [-0.2, 0) is 5.41 Å². The van der Waals surface area contributed by atoms with E-state index in [2.05, 4.69) is 98.7 Å². The fourth-order valence-corrected chi connectivity index (χ4v) is 3.28. The molecule has 2 nitrogen and oxygen atoms in total. The number of rotatable bonds is 7. The Morgan fingerprint density at radius 2 is 1.50 bits per heavy atom. The third kappa shape index (κ3) is 4.88. The molecule has 3 rings (SSSR count). The normalized spacial score (nSPS) is 11.7. The van der Waals surface area contributed by atoms with Crippen LogP contribution < -0.4 is 5.72 Å². The van der Waals surface area contributed by atoms with Gasteiger partial charge in [-0.2, -0.15) is 0 Å². The van der Waals surface area contributed by atoms with Crippen molar-refractivity contribution in [1.82, 2.24) is 9.97 Å². The molecule has 0 fully saturated rings. The number of nitrogens with zero attached hydrogens (tertiary/aromatic N) is 1. The summed E-state index contributed by atoms with van der Waals surface area (Å²) in [6.07, 6.45) is 5.27. The molecule has 0 bridgehead atoms. The fourth-order valence-electron chi connectivity index (χ4n) is 3.28. The first-order valence-corrected chi connectivity index (χ1v) is 9.52. The molecule has 1 N–H and O–H groups in total. The van der Waals surface area contributed by atoms with Crippen LogP contribution in [0.3, 0.4) is 0 Å². The molecule has 0 atom stereocenters. The van der Waals surface area contributed by atoms with E-state index in [1.807, 2.05) is 6.20 Å². The minimum Gasteiger partial charge on any atom is -0.354 e. The van der Waals surface area contributed by atoms with Crippen molar-refractivity contribution >= 4 is 13.0 Å². The largest absolute Gasteiger partial charge is 0.354 e. The van der Waals surface area contributed by atoms with Crippen molar-refractivity contribution in [1.29, 1.82) is 0 Å². The van der Waals surface area contributed by atoms with Gasteiger partial charge in [-0.05, 0) is 17.5 Å². The predicted molar refractivity (Wildman–Crippen MR) is 111 cm³/mol. The number of aromatic nitrogens is 2. The first kappa shape index (κ1) is 18.5. The Kier molecular flexibility index (Phi) is 5.98. The van der Waals surface area contributed by atoms with Gasteiger partial charge in [-0.1, -0.05) is 94.2 Å². The maximum absolute atomic E-state index is 4.50. The molecule has 133 valence electrons. The molecular weight excluding hydrogens is 315 g/mol. The lowest BCUT2D eigenvalue weighted by Crippen LogP contribution is -2.20. The van der Waals surface area contributed by atoms with Crippen molar-refractivity contribution in [2.45, 2.75) is 51.3 Å². The Bertz CT molecular complexity index is 748. The van der Waals surface area contributed by atoms with Crippen LogP contribution >= 0.6 is 0 Å². The zero-order valence-electron chi connectivity index (χ0n) is 16.1. The quantitative estimate of drug-likeness (QED) is 0.471. The van der Waals surface area contributed by atoms with E-state index in [0.717, 1.165) is 24.9 Å². The number of H-pyrrole nitrogens is 1. The highest BCUT2D eigenvalue weighted by molar-refractivity contribution is 6.51. The summed E-state index contributed by atoms with van der Waals surface area (Å²) >= 11 is 0. The molecule has 0 saturated carbocycles. The maximum Gasteiger partial charge on any atom is 0.201 e. The second-order valence-electron chi connectivity index (χ2n) is 7.94. The van der Waals surface area contributed by atoms with Gasteiger partial charge in [-0.25, -0.2) is 0 Å². The van der Waals surface area contributed by atoms with Crippen LogP contribution in [0.25, 0.3) is 0 Å². The molecule has 2 aromatic carbocycles. The highest BCUT2D eigenvalue weighted by Crippen LogP contribution is 2.29. The Balaban J connectivity index is 1.59. The third-order valence-electron chi connectivity index (χ3n) is 4.84. The summed E-state index contributed by atoms with van der Waals surface area (Å²) in [7, 11) is 2.22. The van der Waals surface area contributed by atoms with Crippen LogP contribution in [0.2, 0.25) is 6.32 Å². The van der Waals surface area contributed by atoms with E-state index in [4.69, 9.17) is 0 Å². The fraction of sp³-hybridized carbons (Fsp3) is 0.348. The summed E-state index contributed by atoms with van der Waals surface area (Å²) in [5.41, 5.74) is 5.09. The summed E-state index contributed by atoms with van der Waals surface area (Å²) < 4.78 is 0. The molecular formula is C23H28BN2. The molecule has 1 aromatic heterocycles. The molecule has 0 amide bonds. The van der Waals surface area contributed by atoms with Crippen molar-refractivity contribution in [3.05, 3.63) is 83.7 Å². The first-order chi connectivity index (χ1) is 12.5. The minimum atomic E-state index is 0.116. The molecule has 0 aliphatic carbocycles. The summed E-state index contributed by atoms with van der Waals surface area (Å²) in [6, 6.07) is 21.7. The maximum atomic E-state index is 4.50. The highest BCUT2D eigenvalue weighted by atomic mass is 14.9. The smallest absolute Gasteiger partial charge is 0.201 e. The van der Waals surface area contributed by atoms with Gasteiger partial charge in [0.2, 0.25) is 7.28 Å². The van der Waals surface area contributed by atoms with Gasteiger partial charge in [-0.15, -0.1) is 0 Å². The lowest BCUT2D eigenvalue weighted by molar-refractivity contribution is 0.573. The third-order valence-corrected chi connectivity index (χ3v) is 4.84. The van der Waals surface area contributed by atoms with Crippen molar-refractivity contribution in [2.24, 2.45) is 0 Å². The summed E-state index contributed by atoms with van der Waals surface area (Å²) in [5, 5.41) is 0. The lowest BCUT2D eigenvalue weighted by atomic mass is 9.71. The van der Waals surface area contributed by atoms with Crippen LogP contribution in [0.15, 0.2) is 66.9 Å². The van der Waals surface area contributed by atoms with E-state index in [1.54, 1.807) is 0 Å². The molecule has 1 radical (unpaired) electrons. The second-order valence-corrected chi connectivity index (χ2v) is 7.94. The van der Waals surface area contributed by atoms with Crippen LogP contribution in [0, 0.1) is 0 Å². The molecule has 0 saturated heterocycles. The summed E-state index contributed by atoms with van der Waals surface area (Å²) in [6.45, 7) is 6.61. The molecule has 0 aliphatic heterocycles. The van der Waals surface area contributed by atoms with Gasteiger partial charge < -0.3 is 4.98 Å². The number of hydrogen-bond donors (Lipinski definition) is 1. The Morgan fingerprint density at radius 1 is 0.923 bits per heavy atom. The lowest BCUT2D eigenvalue weighted by Gasteiger charge is -2.18. The number of hydrogen-bond acceptors (Lipinski definition) is 1. The minimum absolute atomic E-state index is 0.116. The number of aromatic amines is 1. The van der Waals surface area contributed by atoms with Crippen molar-refractivity contribution < 1.29 is 0 Å². The Morgan fingerprint density at radius 3 is 2.00 bits per heavy atom. The Hall–Kier alpha value is -2.29. The number of imidazole rings is 1. The zero-order chi connectivity index (χ0) is 18.4. The molecule has 26 heavy (non-hydrogen) atoms. The monoisotopic (exact) mass is 343 g/mol. The van der Waals surface area contributed by atoms with Crippen LogP contribution in [0.5, 0.6) is 0 Å². The topological polar surface area (TPSA) is 28.7 Å². The van der Waals surface area contributed by atoms with Gasteiger partial charge in [0.15, 0.2) is 0 Å². The van der Waals surface area contributed by atoms with E-state index in [1.165, 1.54) is 16.8 Å². The molecule has 0 aliphatic rings.